The van der Waals surface area contributed by atoms with Gasteiger partial charge in [0.2, 0.25) is 5.91 Å². The molecule has 2 atom stereocenters. The average molecular weight is 288 g/mol. The van der Waals surface area contributed by atoms with Crippen LogP contribution in [0.3, 0.4) is 0 Å². The third-order valence-corrected chi connectivity index (χ3v) is 4.21. The summed E-state index contributed by atoms with van der Waals surface area (Å²) >= 11 is 7.44. The van der Waals surface area contributed by atoms with Gasteiger partial charge in [-0.15, -0.1) is 11.8 Å². The van der Waals surface area contributed by atoms with E-state index in [-0.39, 0.29) is 24.4 Å². The number of carbonyl (C=O) groups excluding carboxylic acids is 1. The van der Waals surface area contributed by atoms with Crippen molar-refractivity contribution in [1.29, 1.82) is 0 Å². The molecule has 98 valence electrons. The van der Waals surface area contributed by atoms with Crippen molar-refractivity contribution in [3.8, 4) is 0 Å². The van der Waals surface area contributed by atoms with Gasteiger partial charge >= 0.3 is 0 Å². The van der Waals surface area contributed by atoms with Crippen LogP contribution in [0, 0.1) is 0 Å². The summed E-state index contributed by atoms with van der Waals surface area (Å²) in [6, 6.07) is 7.33. The van der Waals surface area contributed by atoms with E-state index in [1.807, 2.05) is 18.2 Å². The number of aliphatic hydroxyl groups is 2. The zero-order valence-corrected chi connectivity index (χ0v) is 11.2. The molecule has 0 aliphatic carbocycles. The van der Waals surface area contributed by atoms with Crippen molar-refractivity contribution in [1.82, 2.24) is 4.90 Å². The highest BCUT2D eigenvalue weighted by Crippen LogP contribution is 2.39. The van der Waals surface area contributed by atoms with E-state index in [1.165, 1.54) is 11.8 Å². The molecule has 1 heterocycles. The summed E-state index contributed by atoms with van der Waals surface area (Å²) in [5, 5.41) is 18.8. The first-order valence-corrected chi connectivity index (χ1v) is 7.00. The van der Waals surface area contributed by atoms with E-state index in [1.54, 1.807) is 11.0 Å². The average Bonchev–Trinajstić information content (AvgIpc) is 2.71. The normalized spacial score (nSPS) is 21.4. The Bertz CT molecular complexity index is 443. The molecule has 1 amide bonds. The molecule has 1 aromatic rings. The lowest BCUT2D eigenvalue weighted by Crippen LogP contribution is -2.37. The van der Waals surface area contributed by atoms with E-state index in [0.29, 0.717) is 10.8 Å². The molecular weight excluding hydrogens is 274 g/mol. The maximum atomic E-state index is 11.8. The quantitative estimate of drug-likeness (QED) is 0.875. The Kier molecular flexibility index (Phi) is 4.50. The lowest BCUT2D eigenvalue weighted by Gasteiger charge is -2.26. The molecule has 0 radical (unpaired) electrons. The van der Waals surface area contributed by atoms with Crippen LogP contribution in [0.1, 0.15) is 10.9 Å². The number of nitrogens with zero attached hydrogens (tertiary/aromatic N) is 1. The molecule has 1 aliphatic rings. The minimum atomic E-state index is -0.908. The maximum Gasteiger partial charge on any atom is 0.233 e. The first-order valence-electron chi connectivity index (χ1n) is 5.57. The summed E-state index contributed by atoms with van der Waals surface area (Å²) in [6.07, 6.45) is -0.908. The van der Waals surface area contributed by atoms with Crippen molar-refractivity contribution in [3.05, 3.63) is 34.9 Å². The third-order valence-electron chi connectivity index (χ3n) is 2.72. The topological polar surface area (TPSA) is 60.8 Å². The molecule has 0 spiro atoms. The highest BCUT2D eigenvalue weighted by Gasteiger charge is 2.33. The van der Waals surface area contributed by atoms with Gasteiger partial charge in [0.15, 0.2) is 0 Å². The molecule has 2 unspecified atom stereocenters. The standard InChI is InChI=1S/C12H14ClNO3S/c13-9-3-1-2-8(4-9)12-14(5-10(16)6-15)11(17)7-18-12/h1-4,10,12,15-16H,5-7H2. The largest absolute Gasteiger partial charge is 0.394 e. The molecule has 6 heteroatoms. The first kappa shape index (κ1) is 13.7. The number of hydrogen-bond donors (Lipinski definition) is 2. The van der Waals surface area contributed by atoms with Gasteiger partial charge in [0.05, 0.1) is 25.0 Å². The summed E-state index contributed by atoms with van der Waals surface area (Å²) in [4.78, 5) is 13.4. The van der Waals surface area contributed by atoms with Crippen LogP contribution in [0.15, 0.2) is 24.3 Å². The van der Waals surface area contributed by atoms with Gasteiger partial charge in [-0.2, -0.15) is 0 Å². The molecule has 0 aromatic heterocycles. The molecule has 1 aromatic carbocycles. The summed E-state index contributed by atoms with van der Waals surface area (Å²) in [5.74, 6) is 0.354. The number of β-amino-alcohol motifs (C(OH)–C–C–N with tert-alkyl or cyclic N) is 1. The minimum Gasteiger partial charge on any atom is -0.394 e. The van der Waals surface area contributed by atoms with Crippen LogP contribution in [0.4, 0.5) is 0 Å². The van der Waals surface area contributed by atoms with Crippen molar-refractivity contribution in [2.75, 3.05) is 18.9 Å². The Morgan fingerprint density at radius 3 is 3.00 bits per heavy atom. The van der Waals surface area contributed by atoms with Crippen molar-refractivity contribution in [2.45, 2.75) is 11.5 Å². The lowest BCUT2D eigenvalue weighted by atomic mass is 10.2. The number of halogens is 1. The van der Waals surface area contributed by atoms with Gasteiger partial charge in [0, 0.05) is 5.02 Å². The van der Waals surface area contributed by atoms with Crippen LogP contribution >= 0.6 is 23.4 Å². The highest BCUT2D eigenvalue weighted by atomic mass is 35.5. The number of carbonyl (C=O) groups is 1. The van der Waals surface area contributed by atoms with Crippen LogP contribution in [0.25, 0.3) is 0 Å². The monoisotopic (exact) mass is 287 g/mol. The van der Waals surface area contributed by atoms with E-state index in [9.17, 15) is 9.90 Å². The second-order valence-corrected chi connectivity index (χ2v) is 5.61. The van der Waals surface area contributed by atoms with Crippen molar-refractivity contribution < 1.29 is 15.0 Å². The second-order valence-electron chi connectivity index (χ2n) is 4.10. The van der Waals surface area contributed by atoms with Gasteiger partial charge in [0.1, 0.15) is 5.37 Å². The number of amides is 1. The third kappa shape index (κ3) is 2.98. The Morgan fingerprint density at radius 2 is 2.33 bits per heavy atom. The summed E-state index contributed by atoms with van der Waals surface area (Å²) in [6.45, 7) is -0.212. The SMILES string of the molecule is O=C1CSC(c2cccc(Cl)c2)N1CC(O)CO. The number of thioether (sulfide) groups is 1. The zero-order chi connectivity index (χ0) is 13.1. The fraction of sp³-hybridized carbons (Fsp3) is 0.417. The van der Waals surface area contributed by atoms with E-state index in [4.69, 9.17) is 16.7 Å². The summed E-state index contributed by atoms with van der Waals surface area (Å²) in [7, 11) is 0. The predicted octanol–water partition coefficient (Wildman–Crippen LogP) is 1.27. The number of benzene rings is 1. The maximum absolute atomic E-state index is 11.8. The Balaban J connectivity index is 2.18. The molecule has 2 rings (SSSR count). The molecule has 1 aliphatic heterocycles. The van der Waals surface area contributed by atoms with E-state index >= 15 is 0 Å². The molecule has 0 saturated carbocycles. The van der Waals surface area contributed by atoms with Gasteiger partial charge in [-0.05, 0) is 17.7 Å². The smallest absolute Gasteiger partial charge is 0.233 e. The van der Waals surface area contributed by atoms with E-state index < -0.39 is 6.10 Å². The van der Waals surface area contributed by atoms with Crippen molar-refractivity contribution >= 4 is 29.3 Å². The molecular formula is C12H14ClNO3S. The molecule has 1 fully saturated rings. The summed E-state index contributed by atoms with van der Waals surface area (Å²) < 4.78 is 0. The van der Waals surface area contributed by atoms with Gasteiger partial charge in [-0.25, -0.2) is 0 Å². The Morgan fingerprint density at radius 1 is 1.56 bits per heavy atom. The second kappa shape index (κ2) is 5.93. The zero-order valence-electron chi connectivity index (χ0n) is 9.62. The van der Waals surface area contributed by atoms with E-state index in [2.05, 4.69) is 0 Å². The fourth-order valence-electron chi connectivity index (χ4n) is 1.87. The van der Waals surface area contributed by atoms with Crippen LogP contribution in [0.5, 0.6) is 0 Å². The molecule has 1 saturated heterocycles. The van der Waals surface area contributed by atoms with Gasteiger partial charge in [-0.3, -0.25) is 4.79 Å². The molecule has 4 nitrogen and oxygen atoms in total. The molecule has 2 N–H and O–H groups in total. The van der Waals surface area contributed by atoms with Crippen molar-refractivity contribution in [2.24, 2.45) is 0 Å². The Hall–Kier alpha value is -0.750. The molecule has 0 bridgehead atoms. The van der Waals surface area contributed by atoms with Crippen LogP contribution in [0.2, 0.25) is 5.02 Å². The fourth-order valence-corrected chi connectivity index (χ4v) is 3.26. The van der Waals surface area contributed by atoms with Crippen molar-refractivity contribution in [3.63, 3.8) is 0 Å². The Labute approximate surface area is 115 Å². The predicted molar refractivity (Wildman–Crippen MR) is 71.5 cm³/mol. The first-order chi connectivity index (χ1) is 8.61. The number of rotatable bonds is 4. The highest BCUT2D eigenvalue weighted by molar-refractivity contribution is 8.00. The van der Waals surface area contributed by atoms with Crippen LogP contribution < -0.4 is 0 Å². The minimum absolute atomic E-state index is 0.0301. The number of hydrogen-bond acceptors (Lipinski definition) is 4. The van der Waals surface area contributed by atoms with Gasteiger partial charge in [0.25, 0.3) is 0 Å². The van der Waals surface area contributed by atoms with Crippen LogP contribution in [-0.4, -0.2) is 46.0 Å². The number of aliphatic hydroxyl groups excluding tert-OH is 2. The summed E-state index contributed by atoms with van der Waals surface area (Å²) in [5.41, 5.74) is 0.934. The van der Waals surface area contributed by atoms with Crippen LogP contribution in [-0.2, 0) is 4.79 Å². The van der Waals surface area contributed by atoms with E-state index in [0.717, 1.165) is 5.56 Å². The van der Waals surface area contributed by atoms with Gasteiger partial charge in [-0.1, -0.05) is 23.7 Å². The van der Waals surface area contributed by atoms with Gasteiger partial charge < -0.3 is 15.1 Å². The lowest BCUT2D eigenvalue weighted by molar-refractivity contribution is -0.129. The molecule has 18 heavy (non-hydrogen) atoms.